The lowest BCUT2D eigenvalue weighted by Crippen LogP contribution is -2.35. The van der Waals surface area contributed by atoms with Gasteiger partial charge in [-0.25, -0.2) is 0 Å². The van der Waals surface area contributed by atoms with Gasteiger partial charge in [0.25, 0.3) is 0 Å². The van der Waals surface area contributed by atoms with Crippen molar-refractivity contribution < 1.29 is 5.11 Å². The van der Waals surface area contributed by atoms with E-state index in [0.29, 0.717) is 12.0 Å². The molecule has 106 valence electrons. The maximum atomic E-state index is 10.0. The molecule has 1 aromatic rings. The minimum absolute atomic E-state index is 0.108. The summed E-state index contributed by atoms with van der Waals surface area (Å²) >= 11 is 3.47. The van der Waals surface area contributed by atoms with Crippen LogP contribution in [0.25, 0.3) is 0 Å². The molecule has 1 fully saturated rings. The van der Waals surface area contributed by atoms with Crippen molar-refractivity contribution >= 4 is 15.9 Å². The SMILES string of the molecule is CCC(NCC1CCCCC1O)c1ccc(Br)cc1. The molecular weight excluding hydrogens is 302 g/mol. The summed E-state index contributed by atoms with van der Waals surface area (Å²) in [6.07, 6.45) is 5.54. The molecule has 1 aromatic carbocycles. The molecule has 3 atom stereocenters. The van der Waals surface area contributed by atoms with Crippen molar-refractivity contribution in [2.45, 2.75) is 51.2 Å². The van der Waals surface area contributed by atoms with Crippen LogP contribution in [0.1, 0.15) is 50.6 Å². The van der Waals surface area contributed by atoms with Crippen LogP contribution in [0.15, 0.2) is 28.7 Å². The highest BCUT2D eigenvalue weighted by Crippen LogP contribution is 2.25. The number of nitrogens with one attached hydrogen (secondary N) is 1. The van der Waals surface area contributed by atoms with Crippen molar-refractivity contribution in [2.24, 2.45) is 5.92 Å². The van der Waals surface area contributed by atoms with E-state index in [0.717, 1.165) is 30.3 Å². The Morgan fingerprint density at radius 2 is 1.95 bits per heavy atom. The molecule has 2 nitrogen and oxygen atoms in total. The number of hydrogen-bond acceptors (Lipinski definition) is 2. The first kappa shape index (κ1) is 15.0. The van der Waals surface area contributed by atoms with Crippen LogP contribution in [0.2, 0.25) is 0 Å². The Morgan fingerprint density at radius 1 is 1.26 bits per heavy atom. The lowest BCUT2D eigenvalue weighted by Gasteiger charge is -2.29. The van der Waals surface area contributed by atoms with Gasteiger partial charge in [-0.3, -0.25) is 0 Å². The van der Waals surface area contributed by atoms with Crippen molar-refractivity contribution in [3.05, 3.63) is 34.3 Å². The number of rotatable bonds is 5. The smallest absolute Gasteiger partial charge is 0.0580 e. The first-order valence-corrected chi connectivity index (χ1v) is 8.17. The molecule has 2 rings (SSSR count). The number of aliphatic hydroxyl groups is 1. The molecule has 0 aromatic heterocycles. The maximum absolute atomic E-state index is 10.0. The van der Waals surface area contributed by atoms with Gasteiger partial charge in [0.1, 0.15) is 0 Å². The third kappa shape index (κ3) is 4.30. The summed E-state index contributed by atoms with van der Waals surface area (Å²) in [5.41, 5.74) is 1.33. The molecule has 19 heavy (non-hydrogen) atoms. The van der Waals surface area contributed by atoms with E-state index in [1.54, 1.807) is 0 Å². The quantitative estimate of drug-likeness (QED) is 0.856. The molecule has 1 aliphatic carbocycles. The van der Waals surface area contributed by atoms with E-state index in [4.69, 9.17) is 0 Å². The molecule has 0 radical (unpaired) electrons. The summed E-state index contributed by atoms with van der Waals surface area (Å²) in [5.74, 6) is 0.429. The molecule has 0 saturated heterocycles. The number of halogens is 1. The zero-order valence-electron chi connectivity index (χ0n) is 11.6. The molecule has 3 heteroatoms. The minimum atomic E-state index is -0.108. The molecule has 0 aliphatic heterocycles. The predicted octanol–water partition coefficient (Wildman–Crippen LogP) is 4.04. The standard InChI is InChI=1S/C16H24BrNO/c1-2-15(12-7-9-14(17)10-8-12)18-11-13-5-3-4-6-16(13)19/h7-10,13,15-16,18-19H,2-6,11H2,1H3. The first-order valence-electron chi connectivity index (χ1n) is 7.37. The Kier molecular flexibility index (Phi) is 5.86. The van der Waals surface area contributed by atoms with E-state index in [-0.39, 0.29) is 6.10 Å². The summed E-state index contributed by atoms with van der Waals surface area (Å²) in [6.45, 7) is 3.13. The average molecular weight is 326 g/mol. The van der Waals surface area contributed by atoms with Crippen LogP contribution < -0.4 is 5.32 Å². The average Bonchev–Trinajstić information content (AvgIpc) is 2.43. The highest BCUT2D eigenvalue weighted by molar-refractivity contribution is 9.10. The fourth-order valence-corrected chi connectivity index (χ4v) is 3.18. The summed E-state index contributed by atoms with van der Waals surface area (Å²) < 4.78 is 1.12. The zero-order valence-corrected chi connectivity index (χ0v) is 13.2. The van der Waals surface area contributed by atoms with Crippen molar-refractivity contribution in [1.29, 1.82) is 0 Å². The second-order valence-corrected chi connectivity index (χ2v) is 6.45. The highest BCUT2D eigenvalue weighted by atomic mass is 79.9. The van der Waals surface area contributed by atoms with Crippen molar-refractivity contribution in [2.75, 3.05) is 6.54 Å². The lowest BCUT2D eigenvalue weighted by molar-refractivity contribution is 0.0680. The Morgan fingerprint density at radius 3 is 2.58 bits per heavy atom. The van der Waals surface area contributed by atoms with Gasteiger partial charge in [0.2, 0.25) is 0 Å². The zero-order chi connectivity index (χ0) is 13.7. The Labute approximate surface area is 124 Å². The Balaban J connectivity index is 1.90. The molecule has 1 aliphatic rings. The molecule has 0 amide bonds. The first-order chi connectivity index (χ1) is 9.20. The van der Waals surface area contributed by atoms with Crippen LogP contribution in [0.4, 0.5) is 0 Å². The van der Waals surface area contributed by atoms with Gasteiger partial charge >= 0.3 is 0 Å². The monoisotopic (exact) mass is 325 g/mol. The van der Waals surface area contributed by atoms with Crippen LogP contribution in [0, 0.1) is 5.92 Å². The van der Waals surface area contributed by atoms with Crippen molar-refractivity contribution in [1.82, 2.24) is 5.32 Å². The van der Waals surface area contributed by atoms with Crippen LogP contribution in [0.5, 0.6) is 0 Å². The van der Waals surface area contributed by atoms with E-state index in [9.17, 15) is 5.11 Å². The third-order valence-electron chi connectivity index (χ3n) is 4.18. The second kappa shape index (κ2) is 7.41. The van der Waals surface area contributed by atoms with Crippen molar-refractivity contribution in [3.8, 4) is 0 Å². The molecule has 0 heterocycles. The van der Waals surface area contributed by atoms with Gasteiger partial charge in [0.05, 0.1) is 6.10 Å². The fourth-order valence-electron chi connectivity index (χ4n) is 2.91. The van der Waals surface area contributed by atoms with Gasteiger partial charge in [0.15, 0.2) is 0 Å². The van der Waals surface area contributed by atoms with Crippen LogP contribution in [-0.2, 0) is 0 Å². The molecule has 1 saturated carbocycles. The fraction of sp³-hybridized carbons (Fsp3) is 0.625. The van der Waals surface area contributed by atoms with E-state index >= 15 is 0 Å². The van der Waals surface area contributed by atoms with Gasteiger partial charge in [-0.2, -0.15) is 0 Å². The van der Waals surface area contributed by atoms with E-state index < -0.39 is 0 Å². The molecule has 0 bridgehead atoms. The van der Waals surface area contributed by atoms with Crippen LogP contribution in [0.3, 0.4) is 0 Å². The number of hydrogen-bond donors (Lipinski definition) is 2. The van der Waals surface area contributed by atoms with Crippen LogP contribution in [-0.4, -0.2) is 17.8 Å². The third-order valence-corrected chi connectivity index (χ3v) is 4.70. The summed E-state index contributed by atoms with van der Waals surface area (Å²) in [6, 6.07) is 8.91. The van der Waals surface area contributed by atoms with Gasteiger partial charge in [-0.1, -0.05) is 47.8 Å². The Hall–Kier alpha value is -0.380. The van der Waals surface area contributed by atoms with Gasteiger partial charge < -0.3 is 10.4 Å². The second-order valence-electron chi connectivity index (χ2n) is 5.53. The summed E-state index contributed by atoms with van der Waals surface area (Å²) in [5, 5.41) is 13.6. The topological polar surface area (TPSA) is 32.3 Å². The number of aliphatic hydroxyl groups excluding tert-OH is 1. The lowest BCUT2D eigenvalue weighted by atomic mass is 9.86. The number of benzene rings is 1. The molecular formula is C16H24BrNO. The molecule has 0 spiro atoms. The summed E-state index contributed by atoms with van der Waals surface area (Å²) in [7, 11) is 0. The van der Waals surface area contributed by atoms with Gasteiger partial charge in [0, 0.05) is 17.1 Å². The normalized spacial score (nSPS) is 25.2. The Bertz CT molecular complexity index is 379. The minimum Gasteiger partial charge on any atom is -0.393 e. The molecule has 2 N–H and O–H groups in total. The largest absolute Gasteiger partial charge is 0.393 e. The highest BCUT2D eigenvalue weighted by Gasteiger charge is 2.23. The van der Waals surface area contributed by atoms with Crippen molar-refractivity contribution in [3.63, 3.8) is 0 Å². The maximum Gasteiger partial charge on any atom is 0.0580 e. The van der Waals surface area contributed by atoms with E-state index in [1.807, 2.05) is 0 Å². The summed E-state index contributed by atoms with van der Waals surface area (Å²) in [4.78, 5) is 0. The van der Waals surface area contributed by atoms with E-state index in [2.05, 4.69) is 52.4 Å². The predicted molar refractivity (Wildman–Crippen MR) is 83.1 cm³/mol. The molecule has 3 unspecified atom stereocenters. The van der Waals surface area contributed by atoms with Crippen LogP contribution >= 0.6 is 15.9 Å². The van der Waals surface area contributed by atoms with E-state index in [1.165, 1.54) is 18.4 Å². The van der Waals surface area contributed by atoms with Gasteiger partial charge in [-0.15, -0.1) is 0 Å². The van der Waals surface area contributed by atoms with Gasteiger partial charge in [-0.05, 0) is 42.9 Å².